The van der Waals surface area contributed by atoms with E-state index in [4.69, 9.17) is 5.26 Å². The number of rotatable bonds is 8. The van der Waals surface area contributed by atoms with Crippen LogP contribution in [0.1, 0.15) is 36.5 Å². The number of hydrogen-bond donors (Lipinski definition) is 1. The number of hydrogen-bond acceptors (Lipinski definition) is 5. The molecule has 1 atom stereocenters. The lowest BCUT2D eigenvalue weighted by molar-refractivity contribution is -0.126. The second-order valence-corrected chi connectivity index (χ2v) is 8.36. The number of nitrogens with zero attached hydrogens (tertiary/aromatic N) is 4. The van der Waals surface area contributed by atoms with Crippen LogP contribution in [-0.2, 0) is 11.3 Å². The second kappa shape index (κ2) is 8.99. The van der Waals surface area contributed by atoms with Crippen LogP contribution in [0.2, 0.25) is 0 Å². The molecule has 2 aromatic rings. The molecular formula is C23H29N5O2. The van der Waals surface area contributed by atoms with E-state index in [1.807, 2.05) is 42.0 Å². The number of nitrogens with one attached hydrogen (secondary N) is 1. The number of para-hydroxylation sites is 1. The standard InChI is InChI=1S/C23H29N5O2/c1-17(23(30)25-18-7-8-18)27-13-11-26(12-14-27)16-22(29)20-15-28(10-4-9-24)21-6-3-2-5-19(20)21/h2-3,5-6,15,17-18H,4,7-8,10-14,16H2,1H3,(H,25,30). The van der Waals surface area contributed by atoms with Gasteiger partial charge in [-0.2, -0.15) is 5.26 Å². The number of carbonyl (C=O) groups excluding carboxylic acids is 2. The zero-order valence-electron chi connectivity index (χ0n) is 17.5. The Labute approximate surface area is 177 Å². The van der Waals surface area contributed by atoms with Gasteiger partial charge in [0.15, 0.2) is 5.78 Å². The van der Waals surface area contributed by atoms with Crippen molar-refractivity contribution < 1.29 is 9.59 Å². The van der Waals surface area contributed by atoms with Crippen LogP contribution in [-0.4, -0.2) is 70.9 Å². The Balaban J connectivity index is 1.36. The van der Waals surface area contributed by atoms with Gasteiger partial charge in [-0.25, -0.2) is 0 Å². The lowest BCUT2D eigenvalue weighted by Gasteiger charge is -2.37. The summed E-state index contributed by atoms with van der Waals surface area (Å²) in [5.74, 6) is 0.224. The summed E-state index contributed by atoms with van der Waals surface area (Å²) >= 11 is 0. The van der Waals surface area contributed by atoms with Gasteiger partial charge in [0.25, 0.3) is 0 Å². The minimum Gasteiger partial charge on any atom is -0.352 e. The molecule has 1 aromatic carbocycles. The summed E-state index contributed by atoms with van der Waals surface area (Å²) in [6.45, 7) is 6.06. The van der Waals surface area contributed by atoms with Gasteiger partial charge in [0.1, 0.15) is 0 Å². The molecule has 1 saturated heterocycles. The first-order valence-electron chi connectivity index (χ1n) is 10.8. The first-order chi connectivity index (χ1) is 14.6. The molecule has 0 radical (unpaired) electrons. The smallest absolute Gasteiger partial charge is 0.237 e. The third kappa shape index (κ3) is 4.55. The minimum absolute atomic E-state index is 0.106. The van der Waals surface area contributed by atoms with E-state index in [2.05, 4.69) is 21.2 Å². The van der Waals surface area contributed by atoms with Crippen molar-refractivity contribution in [1.29, 1.82) is 5.26 Å². The van der Waals surface area contributed by atoms with Crippen molar-refractivity contribution in [3.8, 4) is 6.07 Å². The van der Waals surface area contributed by atoms with Crippen molar-refractivity contribution in [2.45, 2.75) is 44.8 Å². The van der Waals surface area contributed by atoms with Crippen LogP contribution in [0.3, 0.4) is 0 Å². The third-order valence-electron chi connectivity index (χ3n) is 6.18. The Morgan fingerprint density at radius 2 is 1.93 bits per heavy atom. The predicted molar refractivity (Wildman–Crippen MR) is 115 cm³/mol. The number of ketones is 1. The highest BCUT2D eigenvalue weighted by Crippen LogP contribution is 2.23. The quantitative estimate of drug-likeness (QED) is 0.677. The van der Waals surface area contributed by atoms with Gasteiger partial charge >= 0.3 is 0 Å². The van der Waals surface area contributed by atoms with Gasteiger partial charge in [-0.1, -0.05) is 18.2 Å². The number of aryl methyl sites for hydroxylation is 1. The second-order valence-electron chi connectivity index (χ2n) is 8.36. The maximum atomic E-state index is 13.1. The normalized spacial score (nSPS) is 18.8. The molecule has 7 nitrogen and oxygen atoms in total. The predicted octanol–water partition coefficient (Wildman–Crippen LogP) is 2.02. The summed E-state index contributed by atoms with van der Waals surface area (Å²) in [6.07, 6.45) is 4.51. The fraction of sp³-hybridized carbons (Fsp3) is 0.522. The highest BCUT2D eigenvalue weighted by Gasteiger charge is 2.30. The third-order valence-corrected chi connectivity index (χ3v) is 6.18. The van der Waals surface area contributed by atoms with Crippen molar-refractivity contribution in [2.75, 3.05) is 32.7 Å². The van der Waals surface area contributed by atoms with Gasteiger partial charge < -0.3 is 9.88 Å². The van der Waals surface area contributed by atoms with E-state index in [1.54, 1.807) is 0 Å². The number of benzene rings is 1. The van der Waals surface area contributed by atoms with Gasteiger partial charge in [-0.05, 0) is 25.8 Å². The van der Waals surface area contributed by atoms with Crippen molar-refractivity contribution in [3.05, 3.63) is 36.0 Å². The van der Waals surface area contributed by atoms with Crippen molar-refractivity contribution in [3.63, 3.8) is 0 Å². The fourth-order valence-electron chi connectivity index (χ4n) is 4.14. The van der Waals surface area contributed by atoms with E-state index >= 15 is 0 Å². The summed E-state index contributed by atoms with van der Waals surface area (Å²) < 4.78 is 2.00. The summed E-state index contributed by atoms with van der Waals surface area (Å²) in [7, 11) is 0. The van der Waals surface area contributed by atoms with Crippen LogP contribution >= 0.6 is 0 Å². The Morgan fingerprint density at radius 3 is 2.63 bits per heavy atom. The molecule has 0 bridgehead atoms. The van der Waals surface area contributed by atoms with Crippen LogP contribution in [0.15, 0.2) is 30.5 Å². The summed E-state index contributed by atoms with van der Waals surface area (Å²) in [5, 5.41) is 12.9. The molecule has 1 aliphatic carbocycles. The monoisotopic (exact) mass is 407 g/mol. The number of fused-ring (bicyclic) bond motifs is 1. The Bertz CT molecular complexity index is 964. The molecular weight excluding hydrogens is 378 g/mol. The van der Waals surface area contributed by atoms with Crippen LogP contribution in [0.4, 0.5) is 0 Å². The maximum absolute atomic E-state index is 13.1. The molecule has 1 aliphatic heterocycles. The highest BCUT2D eigenvalue weighted by atomic mass is 16.2. The Kier molecular flexibility index (Phi) is 6.16. The lowest BCUT2D eigenvalue weighted by atomic mass is 10.1. The number of nitriles is 1. The van der Waals surface area contributed by atoms with Crippen molar-refractivity contribution >= 4 is 22.6 Å². The lowest BCUT2D eigenvalue weighted by Crippen LogP contribution is -2.54. The van der Waals surface area contributed by atoms with Crippen molar-refractivity contribution in [2.24, 2.45) is 0 Å². The fourth-order valence-corrected chi connectivity index (χ4v) is 4.14. The number of carbonyl (C=O) groups is 2. The first-order valence-corrected chi connectivity index (χ1v) is 10.8. The molecule has 30 heavy (non-hydrogen) atoms. The van der Waals surface area contributed by atoms with E-state index in [0.29, 0.717) is 25.6 Å². The molecule has 0 spiro atoms. The van der Waals surface area contributed by atoms with Gasteiger partial charge in [0.05, 0.1) is 25.1 Å². The number of Topliss-reactive ketones (excluding diaryl/α,β-unsaturated/α-hetero) is 1. The highest BCUT2D eigenvalue weighted by molar-refractivity contribution is 6.09. The molecule has 1 saturated carbocycles. The summed E-state index contributed by atoms with van der Waals surface area (Å²) in [6, 6.07) is 10.3. The SMILES string of the molecule is CC(C(=O)NC1CC1)N1CCN(CC(=O)c2cn(CCC#N)c3ccccc23)CC1. The molecule has 7 heteroatoms. The maximum Gasteiger partial charge on any atom is 0.237 e. The van der Waals surface area contributed by atoms with Gasteiger partial charge in [-0.3, -0.25) is 19.4 Å². The summed E-state index contributed by atoms with van der Waals surface area (Å²) in [5.41, 5.74) is 1.72. The van der Waals surface area contributed by atoms with E-state index in [1.165, 1.54) is 0 Å². The average Bonchev–Trinajstić information content (AvgIpc) is 3.50. The number of aromatic nitrogens is 1. The number of amides is 1. The largest absolute Gasteiger partial charge is 0.352 e. The minimum atomic E-state index is -0.124. The van der Waals surface area contributed by atoms with Crippen LogP contribution in [0, 0.1) is 11.3 Å². The van der Waals surface area contributed by atoms with Gasteiger partial charge in [0, 0.05) is 61.4 Å². The average molecular weight is 408 g/mol. The molecule has 2 fully saturated rings. The van der Waals surface area contributed by atoms with Gasteiger partial charge in [-0.15, -0.1) is 0 Å². The molecule has 1 N–H and O–H groups in total. The Hall–Kier alpha value is -2.69. The topological polar surface area (TPSA) is 81.4 Å². The van der Waals surface area contributed by atoms with Crippen LogP contribution < -0.4 is 5.32 Å². The first kappa shape index (κ1) is 20.6. The van der Waals surface area contributed by atoms with Crippen LogP contribution in [0.25, 0.3) is 10.9 Å². The van der Waals surface area contributed by atoms with Crippen molar-refractivity contribution in [1.82, 2.24) is 19.7 Å². The molecule has 2 aliphatic rings. The van der Waals surface area contributed by atoms with Gasteiger partial charge in [0.2, 0.25) is 5.91 Å². The van der Waals surface area contributed by atoms with E-state index in [9.17, 15) is 9.59 Å². The zero-order chi connectivity index (χ0) is 21.1. The van der Waals surface area contributed by atoms with E-state index < -0.39 is 0 Å². The molecule has 2 heterocycles. The molecule has 158 valence electrons. The molecule has 4 rings (SSSR count). The molecule has 1 unspecified atom stereocenters. The zero-order valence-corrected chi connectivity index (χ0v) is 17.5. The molecule has 1 aromatic heterocycles. The molecule has 1 amide bonds. The van der Waals surface area contributed by atoms with E-state index in [0.717, 1.165) is 55.5 Å². The Morgan fingerprint density at radius 1 is 1.20 bits per heavy atom. The summed E-state index contributed by atoms with van der Waals surface area (Å²) in [4.78, 5) is 29.7. The van der Waals surface area contributed by atoms with E-state index in [-0.39, 0.29) is 17.7 Å². The number of piperazine rings is 1. The van der Waals surface area contributed by atoms with Crippen LogP contribution in [0.5, 0.6) is 0 Å².